The Balaban J connectivity index is 0.00000135. The van der Waals surface area contributed by atoms with E-state index < -0.39 is 0 Å². The van der Waals surface area contributed by atoms with Crippen molar-refractivity contribution in [3.63, 3.8) is 0 Å². The van der Waals surface area contributed by atoms with Gasteiger partial charge in [-0.15, -0.1) is 0 Å². The summed E-state index contributed by atoms with van der Waals surface area (Å²) in [6.45, 7) is 11.0. The maximum absolute atomic E-state index is 5.80. The van der Waals surface area contributed by atoms with Gasteiger partial charge in [0.2, 0.25) is 5.69 Å². The van der Waals surface area contributed by atoms with Gasteiger partial charge in [0, 0.05) is 68.0 Å². The summed E-state index contributed by atoms with van der Waals surface area (Å²) in [6.07, 6.45) is 15.0. The molecular formula is C38H53N4O+. The molecule has 0 amide bonds. The number of nitrogens with one attached hydrogen (secondary N) is 1. The summed E-state index contributed by atoms with van der Waals surface area (Å²) in [5.74, 6) is 0. The molecule has 1 aliphatic carbocycles. The van der Waals surface area contributed by atoms with Crippen LogP contribution in [0.2, 0.25) is 0 Å². The van der Waals surface area contributed by atoms with Crippen molar-refractivity contribution in [3.05, 3.63) is 107 Å². The molecular weight excluding hydrogens is 528 g/mol. The highest BCUT2D eigenvalue weighted by molar-refractivity contribution is 6.03. The van der Waals surface area contributed by atoms with Crippen LogP contribution >= 0.6 is 0 Å². The van der Waals surface area contributed by atoms with Crippen molar-refractivity contribution in [2.24, 2.45) is 5.73 Å². The number of allylic oxidation sites excluding steroid dienone is 7. The normalized spacial score (nSPS) is 20.5. The number of fused-ring (bicyclic) bond motifs is 2. The third-order valence-electron chi connectivity index (χ3n) is 9.23. The fourth-order valence-corrected chi connectivity index (χ4v) is 6.93. The Kier molecular flexibility index (Phi) is 10.5. The zero-order valence-corrected chi connectivity index (χ0v) is 27.8. The average Bonchev–Trinajstić information content (AvgIpc) is 3.31. The van der Waals surface area contributed by atoms with Crippen molar-refractivity contribution < 1.29 is 9.31 Å². The van der Waals surface area contributed by atoms with E-state index in [1.54, 1.807) is 14.2 Å². The number of nitrogens with zero attached hydrogens (tertiary/aromatic N) is 2. The maximum Gasteiger partial charge on any atom is 0.209 e. The third-order valence-corrected chi connectivity index (χ3v) is 9.23. The molecule has 3 aliphatic rings. The van der Waals surface area contributed by atoms with Gasteiger partial charge >= 0.3 is 0 Å². The van der Waals surface area contributed by atoms with E-state index in [0.717, 1.165) is 45.2 Å². The van der Waals surface area contributed by atoms with Crippen LogP contribution in [0.4, 0.5) is 11.4 Å². The number of rotatable bonds is 8. The van der Waals surface area contributed by atoms with Gasteiger partial charge in [0.25, 0.3) is 0 Å². The molecule has 0 saturated carbocycles. The zero-order chi connectivity index (χ0) is 31.2. The van der Waals surface area contributed by atoms with Crippen LogP contribution in [-0.2, 0) is 15.6 Å². The molecule has 0 aromatic heterocycles. The van der Waals surface area contributed by atoms with Gasteiger partial charge in [-0.1, -0.05) is 62.4 Å². The van der Waals surface area contributed by atoms with Gasteiger partial charge in [-0.05, 0) is 81.3 Å². The SMILES string of the molecule is CN1/C(=C/C=C2\CCCC(/C=C/C3=[N+](C)c4ccccc4C3(C)C)=C2NCCCCN)C(C)(C)c2ccccc21.COC. The van der Waals surface area contributed by atoms with Crippen molar-refractivity contribution in [2.45, 2.75) is 70.6 Å². The monoisotopic (exact) mass is 581 g/mol. The van der Waals surface area contributed by atoms with E-state index in [-0.39, 0.29) is 10.8 Å². The summed E-state index contributed by atoms with van der Waals surface area (Å²) in [6, 6.07) is 17.6. The zero-order valence-electron chi connectivity index (χ0n) is 27.8. The van der Waals surface area contributed by atoms with E-state index in [0.29, 0.717) is 0 Å². The number of ether oxygens (including phenoxy) is 1. The number of unbranched alkanes of at least 4 members (excludes halogenated alkanes) is 1. The Morgan fingerprint density at radius 3 is 2.26 bits per heavy atom. The second kappa shape index (κ2) is 13.9. The molecule has 5 nitrogen and oxygen atoms in total. The minimum Gasteiger partial charge on any atom is -0.388 e. The first-order chi connectivity index (χ1) is 20.6. The minimum absolute atomic E-state index is 0.0253. The summed E-state index contributed by atoms with van der Waals surface area (Å²) in [5, 5.41) is 3.84. The van der Waals surface area contributed by atoms with E-state index in [4.69, 9.17) is 5.73 Å². The first kappa shape index (κ1) is 32.5. The quantitative estimate of drug-likeness (QED) is 0.250. The van der Waals surface area contributed by atoms with Gasteiger partial charge in [-0.3, -0.25) is 0 Å². The number of methoxy groups -OCH3 is 1. The molecule has 2 heterocycles. The highest BCUT2D eigenvalue weighted by Gasteiger charge is 2.42. The number of hydrogen-bond acceptors (Lipinski definition) is 4. The van der Waals surface area contributed by atoms with Crippen molar-refractivity contribution >= 4 is 17.1 Å². The van der Waals surface area contributed by atoms with Crippen molar-refractivity contribution in [1.29, 1.82) is 0 Å². The molecule has 43 heavy (non-hydrogen) atoms. The smallest absolute Gasteiger partial charge is 0.209 e. The van der Waals surface area contributed by atoms with Crippen LogP contribution in [0.25, 0.3) is 0 Å². The van der Waals surface area contributed by atoms with E-state index in [2.05, 4.69) is 134 Å². The lowest BCUT2D eigenvalue weighted by Gasteiger charge is -2.25. The fourth-order valence-electron chi connectivity index (χ4n) is 6.93. The highest BCUT2D eigenvalue weighted by atomic mass is 16.4. The van der Waals surface area contributed by atoms with E-state index in [1.165, 1.54) is 50.8 Å². The maximum atomic E-state index is 5.80. The van der Waals surface area contributed by atoms with Gasteiger partial charge in [0.15, 0.2) is 5.71 Å². The Hall–Kier alpha value is -3.41. The predicted molar refractivity (Wildman–Crippen MR) is 184 cm³/mol. The van der Waals surface area contributed by atoms with Crippen molar-refractivity contribution in [1.82, 2.24) is 5.32 Å². The summed E-state index contributed by atoms with van der Waals surface area (Å²) in [5.41, 5.74) is 18.0. The van der Waals surface area contributed by atoms with Gasteiger partial charge in [-0.25, -0.2) is 0 Å². The Morgan fingerprint density at radius 2 is 1.58 bits per heavy atom. The van der Waals surface area contributed by atoms with Crippen LogP contribution in [-0.4, -0.2) is 51.7 Å². The second-order valence-corrected chi connectivity index (χ2v) is 12.9. The van der Waals surface area contributed by atoms with E-state index in [9.17, 15) is 0 Å². The summed E-state index contributed by atoms with van der Waals surface area (Å²) < 4.78 is 6.61. The molecule has 0 spiro atoms. The highest BCUT2D eigenvalue weighted by Crippen LogP contribution is 2.47. The molecule has 2 aromatic rings. The largest absolute Gasteiger partial charge is 0.388 e. The first-order valence-corrected chi connectivity index (χ1v) is 15.8. The lowest BCUT2D eigenvalue weighted by molar-refractivity contribution is -0.401. The van der Waals surface area contributed by atoms with Gasteiger partial charge in [0.1, 0.15) is 7.05 Å². The first-order valence-electron chi connectivity index (χ1n) is 15.8. The van der Waals surface area contributed by atoms with Crippen LogP contribution in [0.5, 0.6) is 0 Å². The van der Waals surface area contributed by atoms with Crippen LogP contribution in [0.3, 0.4) is 0 Å². The standard InChI is InChI=1S/C36H46N4.C2H6O/c1-35(2)28-16-7-9-18-30(28)39(5)32(35)22-20-26-14-13-15-27(34(26)38-25-12-11-24-37)21-23-33-36(3,4)29-17-8-10-19-31(29)40(33)6;1-3-2/h7-10,16-23H,11-15,24-25,37H2,1-6H3;1-2H3/p+1/b26-20+,32-22+;. The summed E-state index contributed by atoms with van der Waals surface area (Å²) in [4.78, 5) is 2.36. The number of likely N-dealkylation sites (N-methyl/N-ethyl adjacent to an activating group) is 1. The van der Waals surface area contributed by atoms with E-state index in [1.807, 2.05) is 0 Å². The predicted octanol–water partition coefficient (Wildman–Crippen LogP) is 7.52. The summed E-state index contributed by atoms with van der Waals surface area (Å²) in [7, 11) is 7.65. The molecule has 2 aromatic carbocycles. The van der Waals surface area contributed by atoms with Gasteiger partial charge < -0.3 is 20.7 Å². The van der Waals surface area contributed by atoms with Crippen molar-refractivity contribution in [2.75, 3.05) is 46.3 Å². The second-order valence-electron chi connectivity index (χ2n) is 12.9. The van der Waals surface area contributed by atoms with Crippen LogP contribution < -0.4 is 16.0 Å². The summed E-state index contributed by atoms with van der Waals surface area (Å²) >= 11 is 0. The van der Waals surface area contributed by atoms with E-state index >= 15 is 0 Å². The molecule has 230 valence electrons. The molecule has 0 radical (unpaired) electrons. The topological polar surface area (TPSA) is 53.5 Å². The Labute approximate surface area is 260 Å². The van der Waals surface area contributed by atoms with Crippen molar-refractivity contribution in [3.8, 4) is 0 Å². The molecule has 0 saturated heterocycles. The molecule has 0 atom stereocenters. The van der Waals surface area contributed by atoms with Crippen LogP contribution in [0.15, 0.2) is 95.4 Å². The lowest BCUT2D eigenvalue weighted by Crippen LogP contribution is -2.27. The number of anilines is 1. The molecule has 0 fully saturated rings. The number of benzene rings is 2. The average molecular weight is 582 g/mol. The molecule has 5 heteroatoms. The van der Waals surface area contributed by atoms with Crippen LogP contribution in [0.1, 0.15) is 70.9 Å². The Bertz CT molecular complexity index is 1450. The number of nitrogens with two attached hydrogens (primary N) is 1. The number of para-hydroxylation sites is 2. The van der Waals surface area contributed by atoms with Gasteiger partial charge in [0.05, 0.1) is 5.41 Å². The molecule has 0 bridgehead atoms. The van der Waals surface area contributed by atoms with Crippen LogP contribution in [0, 0.1) is 0 Å². The lowest BCUT2D eigenvalue weighted by atomic mass is 9.81. The molecule has 0 unspecified atom stereocenters. The molecule has 3 N–H and O–H groups in total. The molecule has 5 rings (SSSR count). The minimum atomic E-state index is -0.0253. The van der Waals surface area contributed by atoms with Gasteiger partial charge in [-0.2, -0.15) is 4.58 Å². The number of hydrogen-bond donors (Lipinski definition) is 2. The fraction of sp³-hybridized carbons (Fsp3) is 0.447. The Morgan fingerprint density at radius 1 is 0.907 bits per heavy atom. The third kappa shape index (κ3) is 6.58. The molecule has 2 aliphatic heterocycles.